The molecular formula is C14H20FN3O3S. The molecule has 0 unspecified atom stereocenters. The van der Waals surface area contributed by atoms with Gasteiger partial charge >= 0.3 is 0 Å². The molecule has 122 valence electrons. The molecular weight excluding hydrogens is 309 g/mol. The van der Waals surface area contributed by atoms with Crippen molar-refractivity contribution in [3.8, 4) is 5.88 Å². The molecule has 2 N–H and O–H groups in total. The summed E-state index contributed by atoms with van der Waals surface area (Å²) in [5, 5.41) is 0. The zero-order valence-electron chi connectivity index (χ0n) is 12.2. The molecule has 0 bridgehead atoms. The van der Waals surface area contributed by atoms with Crippen LogP contribution in [0.25, 0.3) is 0 Å². The number of nitrogens with zero attached hydrogens (tertiary/aromatic N) is 2. The largest absolute Gasteiger partial charge is 0.473 e. The van der Waals surface area contributed by atoms with Crippen LogP contribution >= 0.6 is 0 Å². The van der Waals surface area contributed by atoms with Crippen LogP contribution < -0.4 is 10.5 Å². The average molecular weight is 329 g/mol. The molecule has 1 aromatic heterocycles. The highest BCUT2D eigenvalue weighted by molar-refractivity contribution is 7.89. The van der Waals surface area contributed by atoms with E-state index in [0.717, 1.165) is 19.3 Å². The molecule has 1 saturated heterocycles. The lowest BCUT2D eigenvalue weighted by Crippen LogP contribution is -2.35. The van der Waals surface area contributed by atoms with Gasteiger partial charge < -0.3 is 10.5 Å². The average Bonchev–Trinajstić information content (AvgIpc) is 2.57. The summed E-state index contributed by atoms with van der Waals surface area (Å²) in [6.45, 7) is 1.12. The van der Waals surface area contributed by atoms with Gasteiger partial charge in [-0.2, -0.15) is 4.31 Å². The Morgan fingerprint density at radius 1 is 1.36 bits per heavy atom. The van der Waals surface area contributed by atoms with E-state index in [2.05, 4.69) is 4.98 Å². The van der Waals surface area contributed by atoms with Crippen molar-refractivity contribution in [3.05, 3.63) is 30.2 Å². The van der Waals surface area contributed by atoms with Gasteiger partial charge in [-0.15, -0.1) is 0 Å². The number of hydrogen-bond donors (Lipinski definition) is 1. The number of sulfonamides is 1. The van der Waals surface area contributed by atoms with Crippen molar-refractivity contribution in [2.75, 3.05) is 26.2 Å². The minimum atomic E-state index is -3.50. The maximum absolute atomic E-state index is 12.4. The second kappa shape index (κ2) is 7.66. The molecule has 2 heterocycles. The highest BCUT2D eigenvalue weighted by atomic mass is 32.2. The molecule has 0 radical (unpaired) electrons. The van der Waals surface area contributed by atoms with Crippen LogP contribution in [0.15, 0.2) is 35.1 Å². The quantitative estimate of drug-likeness (QED) is 0.854. The van der Waals surface area contributed by atoms with E-state index in [0.29, 0.717) is 25.0 Å². The third kappa shape index (κ3) is 4.02. The van der Waals surface area contributed by atoms with Gasteiger partial charge in [0.25, 0.3) is 0 Å². The first-order valence-electron chi connectivity index (χ1n) is 7.15. The van der Waals surface area contributed by atoms with Gasteiger partial charge in [-0.05, 0) is 18.9 Å². The Balaban J connectivity index is 2.04. The summed E-state index contributed by atoms with van der Waals surface area (Å²) >= 11 is 0. The van der Waals surface area contributed by atoms with E-state index in [4.69, 9.17) is 10.5 Å². The van der Waals surface area contributed by atoms with Crippen molar-refractivity contribution in [2.45, 2.75) is 24.2 Å². The summed E-state index contributed by atoms with van der Waals surface area (Å²) in [5.41, 5.74) is 5.62. The van der Waals surface area contributed by atoms with E-state index < -0.39 is 10.0 Å². The van der Waals surface area contributed by atoms with E-state index in [-0.39, 0.29) is 23.9 Å². The zero-order valence-corrected chi connectivity index (χ0v) is 13.1. The predicted octanol–water partition coefficient (Wildman–Crippen LogP) is 1.45. The Morgan fingerprint density at radius 3 is 2.64 bits per heavy atom. The molecule has 1 fully saturated rings. The lowest BCUT2D eigenvalue weighted by Gasteiger charge is -2.25. The van der Waals surface area contributed by atoms with Crippen molar-refractivity contribution in [2.24, 2.45) is 5.73 Å². The van der Waals surface area contributed by atoms with Gasteiger partial charge in [-0.1, -0.05) is 6.42 Å². The van der Waals surface area contributed by atoms with Crippen LogP contribution in [0.5, 0.6) is 5.88 Å². The Morgan fingerprint density at radius 2 is 2.09 bits per heavy atom. The van der Waals surface area contributed by atoms with Gasteiger partial charge in [0.15, 0.2) is 0 Å². The summed E-state index contributed by atoms with van der Waals surface area (Å²) in [4.78, 5) is 4.10. The van der Waals surface area contributed by atoms with E-state index in [9.17, 15) is 12.8 Å². The smallest absolute Gasteiger partial charge is 0.244 e. The van der Waals surface area contributed by atoms with E-state index in [1.165, 1.54) is 22.6 Å². The summed E-state index contributed by atoms with van der Waals surface area (Å²) < 4.78 is 43.9. The maximum atomic E-state index is 12.4. The monoisotopic (exact) mass is 329 g/mol. The Bertz CT molecular complexity index is 611. The minimum Gasteiger partial charge on any atom is -0.473 e. The number of hydrogen-bond acceptors (Lipinski definition) is 5. The maximum Gasteiger partial charge on any atom is 0.244 e. The van der Waals surface area contributed by atoms with Crippen molar-refractivity contribution >= 4 is 10.0 Å². The molecule has 8 heteroatoms. The second-order valence-electron chi connectivity index (χ2n) is 5.06. The van der Waals surface area contributed by atoms with Crippen molar-refractivity contribution in [1.82, 2.24) is 9.29 Å². The van der Waals surface area contributed by atoms with Crippen LogP contribution in [0.1, 0.15) is 19.3 Å². The molecule has 22 heavy (non-hydrogen) atoms. The molecule has 2 rings (SSSR count). The van der Waals surface area contributed by atoms with Crippen LogP contribution in [0, 0.1) is 0 Å². The third-order valence-electron chi connectivity index (χ3n) is 3.48. The second-order valence-corrected chi connectivity index (χ2v) is 6.99. The van der Waals surface area contributed by atoms with Crippen LogP contribution in [0.4, 0.5) is 4.39 Å². The number of rotatable bonds is 6. The molecule has 0 aliphatic carbocycles. The topological polar surface area (TPSA) is 85.5 Å². The van der Waals surface area contributed by atoms with Gasteiger partial charge in [-0.25, -0.2) is 17.8 Å². The van der Waals surface area contributed by atoms with E-state index >= 15 is 0 Å². The van der Waals surface area contributed by atoms with Gasteiger partial charge in [0.2, 0.25) is 15.9 Å². The number of piperidine rings is 1. The van der Waals surface area contributed by atoms with Crippen molar-refractivity contribution in [1.29, 1.82) is 0 Å². The lowest BCUT2D eigenvalue weighted by atomic mass is 10.2. The Hall–Kier alpha value is -1.51. The van der Waals surface area contributed by atoms with E-state index in [1.54, 1.807) is 0 Å². The summed E-state index contributed by atoms with van der Waals surface area (Å²) in [6, 6.07) is 2.91. The summed E-state index contributed by atoms with van der Waals surface area (Å²) in [5.74, 6) is 0.227. The van der Waals surface area contributed by atoms with Crippen molar-refractivity contribution < 1.29 is 17.5 Å². The summed E-state index contributed by atoms with van der Waals surface area (Å²) in [6.07, 6.45) is 4.48. The fourth-order valence-electron chi connectivity index (χ4n) is 2.16. The first-order valence-corrected chi connectivity index (χ1v) is 8.59. The lowest BCUT2D eigenvalue weighted by molar-refractivity contribution is 0.333. The fraction of sp³-hybridized carbons (Fsp3) is 0.500. The van der Waals surface area contributed by atoms with Gasteiger partial charge in [0.1, 0.15) is 11.5 Å². The first-order chi connectivity index (χ1) is 10.6. The molecule has 0 amide bonds. The number of nitrogens with two attached hydrogens (primary N) is 1. The van der Waals surface area contributed by atoms with Crippen LogP contribution in [-0.4, -0.2) is 43.9 Å². The summed E-state index contributed by atoms with van der Waals surface area (Å²) in [7, 11) is -3.50. The third-order valence-corrected chi connectivity index (χ3v) is 5.37. The van der Waals surface area contributed by atoms with Crippen LogP contribution in [0.3, 0.4) is 0 Å². The highest BCUT2D eigenvalue weighted by Crippen LogP contribution is 2.21. The molecule has 1 aliphatic rings. The van der Waals surface area contributed by atoms with Crippen LogP contribution in [0.2, 0.25) is 0 Å². The minimum absolute atomic E-state index is 0.0157. The molecule has 1 aliphatic heterocycles. The molecule has 6 nitrogen and oxygen atoms in total. The number of halogens is 1. The fourth-order valence-corrected chi connectivity index (χ4v) is 3.62. The van der Waals surface area contributed by atoms with Gasteiger partial charge in [0, 0.05) is 31.3 Å². The molecule has 0 aromatic carbocycles. The number of ether oxygens (including phenoxy) is 1. The van der Waals surface area contributed by atoms with E-state index in [1.807, 2.05) is 0 Å². The number of aromatic nitrogens is 1. The Kier molecular flexibility index (Phi) is 5.87. The first kappa shape index (κ1) is 16.9. The highest BCUT2D eigenvalue weighted by Gasteiger charge is 2.26. The molecule has 0 atom stereocenters. The Labute approximate surface area is 129 Å². The van der Waals surface area contributed by atoms with Crippen molar-refractivity contribution in [3.63, 3.8) is 0 Å². The normalized spacial score (nSPS) is 17.5. The van der Waals surface area contributed by atoms with Crippen LogP contribution in [-0.2, 0) is 10.0 Å². The number of pyridine rings is 1. The molecule has 0 spiro atoms. The van der Waals surface area contributed by atoms with Gasteiger partial charge in [0.05, 0.1) is 12.5 Å². The molecule has 0 saturated carbocycles. The van der Waals surface area contributed by atoms with Gasteiger partial charge in [-0.3, -0.25) is 0 Å². The standard InChI is InChI=1S/C14H20FN3O3S/c15-8-12(9-16)11-21-14-5-4-13(10-17-14)22(19,20)18-6-2-1-3-7-18/h4-5,8,10H,1-3,6-7,9,11,16H2/b12-8-. The molecule has 1 aromatic rings. The zero-order chi connectivity index (χ0) is 16.0. The predicted molar refractivity (Wildman–Crippen MR) is 80.6 cm³/mol. The SMILES string of the molecule is NC/C(=C/F)COc1ccc(S(=O)(=O)N2CCCCC2)cn1.